The Morgan fingerprint density at radius 3 is 2.55 bits per heavy atom. The average molecular weight is 269 g/mol. The van der Waals surface area contributed by atoms with Gasteiger partial charge >= 0.3 is 0 Å². The van der Waals surface area contributed by atoms with Gasteiger partial charge in [-0.15, -0.1) is 0 Å². The SMILES string of the molecule is COc1cc(N2CCN(C)c3ccccc32)ccc1N. The highest BCUT2D eigenvalue weighted by atomic mass is 16.5. The normalized spacial score (nSPS) is 14.1. The van der Waals surface area contributed by atoms with Crippen molar-refractivity contribution in [2.45, 2.75) is 0 Å². The topological polar surface area (TPSA) is 41.7 Å². The maximum atomic E-state index is 5.89. The first-order valence-corrected chi connectivity index (χ1v) is 6.72. The van der Waals surface area contributed by atoms with Crippen LogP contribution in [0.4, 0.5) is 22.7 Å². The first-order valence-electron chi connectivity index (χ1n) is 6.72. The average Bonchev–Trinajstić information content (AvgIpc) is 2.49. The molecule has 1 aliphatic heterocycles. The second kappa shape index (κ2) is 4.96. The van der Waals surface area contributed by atoms with Gasteiger partial charge in [0.2, 0.25) is 0 Å². The largest absolute Gasteiger partial charge is 0.495 e. The molecule has 20 heavy (non-hydrogen) atoms. The van der Waals surface area contributed by atoms with Crippen LogP contribution in [-0.4, -0.2) is 27.2 Å². The summed E-state index contributed by atoms with van der Waals surface area (Å²) in [6, 6.07) is 14.4. The Bertz CT molecular complexity index is 627. The minimum Gasteiger partial charge on any atom is -0.495 e. The van der Waals surface area contributed by atoms with Crippen molar-refractivity contribution >= 4 is 22.7 Å². The number of nitrogens with zero attached hydrogens (tertiary/aromatic N) is 2. The van der Waals surface area contributed by atoms with Gasteiger partial charge in [-0.2, -0.15) is 0 Å². The van der Waals surface area contributed by atoms with Crippen molar-refractivity contribution in [3.05, 3.63) is 42.5 Å². The minimum absolute atomic E-state index is 0.665. The third kappa shape index (κ3) is 2.03. The maximum Gasteiger partial charge on any atom is 0.143 e. The number of nitrogens with two attached hydrogens (primary N) is 1. The number of fused-ring (bicyclic) bond motifs is 1. The molecular weight excluding hydrogens is 250 g/mol. The van der Waals surface area contributed by atoms with Crippen LogP contribution in [-0.2, 0) is 0 Å². The van der Waals surface area contributed by atoms with Crippen molar-refractivity contribution in [2.24, 2.45) is 0 Å². The van der Waals surface area contributed by atoms with Crippen molar-refractivity contribution in [1.82, 2.24) is 0 Å². The zero-order chi connectivity index (χ0) is 14.1. The summed E-state index contributed by atoms with van der Waals surface area (Å²) in [6.45, 7) is 1.93. The number of hydrogen-bond donors (Lipinski definition) is 1. The summed E-state index contributed by atoms with van der Waals surface area (Å²) in [4.78, 5) is 4.58. The first kappa shape index (κ1) is 12.7. The van der Waals surface area contributed by atoms with Crippen LogP contribution in [0.25, 0.3) is 0 Å². The number of rotatable bonds is 2. The predicted molar refractivity (Wildman–Crippen MR) is 84.1 cm³/mol. The van der Waals surface area contributed by atoms with Crippen LogP contribution >= 0.6 is 0 Å². The number of methoxy groups -OCH3 is 1. The molecule has 0 amide bonds. The highest BCUT2D eigenvalue weighted by Crippen LogP contribution is 2.38. The summed E-state index contributed by atoms with van der Waals surface area (Å²) in [7, 11) is 3.77. The lowest BCUT2D eigenvalue weighted by Gasteiger charge is -2.37. The highest BCUT2D eigenvalue weighted by Gasteiger charge is 2.21. The van der Waals surface area contributed by atoms with E-state index in [0.29, 0.717) is 5.69 Å². The van der Waals surface area contributed by atoms with Crippen LogP contribution in [0, 0.1) is 0 Å². The fourth-order valence-electron chi connectivity index (χ4n) is 2.64. The lowest BCUT2D eigenvalue weighted by atomic mass is 10.1. The van der Waals surface area contributed by atoms with E-state index in [0.717, 1.165) is 24.5 Å². The van der Waals surface area contributed by atoms with Crippen LogP contribution in [0.15, 0.2) is 42.5 Å². The van der Waals surface area contributed by atoms with Gasteiger partial charge < -0.3 is 20.3 Å². The number of benzene rings is 2. The summed E-state index contributed by atoms with van der Waals surface area (Å²) in [6.07, 6.45) is 0. The number of ether oxygens (including phenoxy) is 1. The molecule has 2 aromatic carbocycles. The lowest BCUT2D eigenvalue weighted by Crippen LogP contribution is -2.36. The van der Waals surface area contributed by atoms with Gasteiger partial charge in [-0.05, 0) is 24.3 Å². The molecule has 0 bridgehead atoms. The van der Waals surface area contributed by atoms with Gasteiger partial charge in [-0.1, -0.05) is 12.1 Å². The molecule has 1 aliphatic rings. The summed E-state index contributed by atoms with van der Waals surface area (Å²) in [5.74, 6) is 0.721. The van der Waals surface area contributed by atoms with Crippen molar-refractivity contribution < 1.29 is 4.74 Å². The van der Waals surface area contributed by atoms with Crippen molar-refractivity contribution in [3.63, 3.8) is 0 Å². The molecule has 4 heteroatoms. The van der Waals surface area contributed by atoms with Crippen molar-refractivity contribution in [3.8, 4) is 5.75 Å². The Kier molecular flexibility index (Phi) is 3.14. The zero-order valence-electron chi connectivity index (χ0n) is 11.8. The number of nitrogen functional groups attached to an aromatic ring is 1. The molecule has 104 valence electrons. The molecule has 0 atom stereocenters. The van der Waals surface area contributed by atoms with Crippen LogP contribution in [0.2, 0.25) is 0 Å². The van der Waals surface area contributed by atoms with E-state index < -0.39 is 0 Å². The smallest absolute Gasteiger partial charge is 0.143 e. The summed E-state index contributed by atoms with van der Waals surface area (Å²) in [5, 5.41) is 0. The zero-order valence-corrected chi connectivity index (χ0v) is 11.8. The van der Waals surface area contributed by atoms with E-state index in [1.807, 2.05) is 18.2 Å². The Labute approximate surface area is 119 Å². The summed E-state index contributed by atoms with van der Waals surface area (Å²) in [5.41, 5.74) is 10.1. The van der Waals surface area contributed by atoms with E-state index in [1.165, 1.54) is 11.4 Å². The van der Waals surface area contributed by atoms with Gasteiger partial charge in [0.25, 0.3) is 0 Å². The molecule has 0 fully saturated rings. The molecule has 0 unspecified atom stereocenters. The van der Waals surface area contributed by atoms with Crippen molar-refractivity contribution in [2.75, 3.05) is 42.8 Å². The third-order valence-electron chi connectivity index (χ3n) is 3.77. The molecule has 2 aromatic rings. The highest BCUT2D eigenvalue weighted by molar-refractivity contribution is 5.80. The van der Waals surface area contributed by atoms with E-state index in [4.69, 9.17) is 10.5 Å². The van der Waals surface area contributed by atoms with E-state index in [1.54, 1.807) is 7.11 Å². The Morgan fingerprint density at radius 2 is 1.80 bits per heavy atom. The van der Waals surface area contributed by atoms with E-state index in [2.05, 4.69) is 41.1 Å². The van der Waals surface area contributed by atoms with Gasteiger partial charge in [0.05, 0.1) is 24.2 Å². The summed E-state index contributed by atoms with van der Waals surface area (Å²) < 4.78 is 5.32. The molecule has 0 radical (unpaired) electrons. The maximum absolute atomic E-state index is 5.89. The summed E-state index contributed by atoms with van der Waals surface area (Å²) >= 11 is 0. The molecule has 1 heterocycles. The van der Waals surface area contributed by atoms with Crippen LogP contribution in [0.5, 0.6) is 5.75 Å². The van der Waals surface area contributed by atoms with E-state index >= 15 is 0 Å². The number of hydrogen-bond acceptors (Lipinski definition) is 4. The lowest BCUT2D eigenvalue weighted by molar-refractivity contribution is 0.417. The third-order valence-corrected chi connectivity index (χ3v) is 3.77. The first-order chi connectivity index (χ1) is 9.70. The molecule has 0 spiro atoms. The number of likely N-dealkylation sites (N-methyl/N-ethyl adjacent to an activating group) is 1. The Morgan fingerprint density at radius 1 is 1.05 bits per heavy atom. The molecule has 0 aromatic heterocycles. The standard InChI is InChI=1S/C16H19N3O/c1-18-9-10-19(15-6-4-3-5-14(15)18)12-7-8-13(17)16(11-12)20-2/h3-8,11H,9-10,17H2,1-2H3. The molecule has 0 aliphatic carbocycles. The van der Waals surface area contributed by atoms with Crippen LogP contribution in [0.1, 0.15) is 0 Å². The quantitative estimate of drug-likeness (QED) is 0.851. The van der Waals surface area contributed by atoms with Gasteiger partial charge in [0.15, 0.2) is 0 Å². The van der Waals surface area contributed by atoms with E-state index in [-0.39, 0.29) is 0 Å². The number of para-hydroxylation sites is 2. The molecule has 3 rings (SSSR count). The fourth-order valence-corrected chi connectivity index (χ4v) is 2.64. The Hall–Kier alpha value is -2.36. The predicted octanol–water partition coefficient (Wildman–Crippen LogP) is 2.87. The van der Waals surface area contributed by atoms with Gasteiger partial charge in [-0.25, -0.2) is 0 Å². The number of anilines is 4. The second-order valence-corrected chi connectivity index (χ2v) is 4.99. The molecule has 2 N–H and O–H groups in total. The monoisotopic (exact) mass is 269 g/mol. The van der Waals surface area contributed by atoms with Crippen LogP contribution in [0.3, 0.4) is 0 Å². The van der Waals surface area contributed by atoms with Gasteiger partial charge in [0.1, 0.15) is 5.75 Å². The molecular formula is C16H19N3O. The molecule has 0 saturated carbocycles. The fraction of sp³-hybridized carbons (Fsp3) is 0.250. The van der Waals surface area contributed by atoms with Gasteiger partial charge in [0, 0.05) is 31.9 Å². The second-order valence-electron chi connectivity index (χ2n) is 4.99. The van der Waals surface area contributed by atoms with Gasteiger partial charge in [-0.3, -0.25) is 0 Å². The molecule has 0 saturated heterocycles. The Balaban J connectivity index is 2.05. The minimum atomic E-state index is 0.665. The van der Waals surface area contributed by atoms with E-state index in [9.17, 15) is 0 Å². The molecule has 4 nitrogen and oxygen atoms in total. The van der Waals surface area contributed by atoms with Crippen LogP contribution < -0.4 is 20.3 Å². The van der Waals surface area contributed by atoms with Crippen molar-refractivity contribution in [1.29, 1.82) is 0 Å².